The second-order valence-corrected chi connectivity index (χ2v) is 8.35. The molecule has 1 saturated heterocycles. The van der Waals surface area contributed by atoms with Crippen molar-refractivity contribution in [2.24, 2.45) is 0 Å². The van der Waals surface area contributed by atoms with Gasteiger partial charge in [0.05, 0.1) is 12.1 Å². The van der Waals surface area contributed by atoms with Gasteiger partial charge in [-0.25, -0.2) is 4.79 Å². The Morgan fingerprint density at radius 1 is 1.00 bits per heavy atom. The third-order valence-electron chi connectivity index (χ3n) is 4.41. The van der Waals surface area contributed by atoms with Gasteiger partial charge in [-0.15, -0.1) is 6.58 Å². The molecule has 1 fully saturated rings. The van der Waals surface area contributed by atoms with Crippen molar-refractivity contribution in [3.8, 4) is 0 Å². The lowest BCUT2D eigenvalue weighted by molar-refractivity contribution is 0.123. The first-order valence-electron chi connectivity index (χ1n) is 8.36. The molecule has 1 aliphatic heterocycles. The maximum absolute atomic E-state index is 13.2. The molecule has 126 valence electrons. The maximum Gasteiger partial charge on any atom is 0.321 e. The van der Waals surface area contributed by atoms with Crippen LogP contribution in [0.5, 0.6) is 0 Å². The fourth-order valence-corrected chi connectivity index (χ4v) is 3.56. The summed E-state index contributed by atoms with van der Waals surface area (Å²) >= 11 is 0. The zero-order valence-electron chi connectivity index (χ0n) is 15.3. The number of carbonyl (C=O) groups excluding carboxylic acids is 1. The number of carbonyl (C=O) groups is 1. The van der Waals surface area contributed by atoms with Crippen LogP contribution in [0.4, 0.5) is 4.79 Å². The Bertz CT molecular complexity index is 566. The average molecular weight is 314 g/mol. The van der Waals surface area contributed by atoms with Gasteiger partial charge in [0.2, 0.25) is 0 Å². The van der Waals surface area contributed by atoms with Gasteiger partial charge in [0.1, 0.15) is 0 Å². The molecule has 0 aliphatic carbocycles. The smallest absolute Gasteiger partial charge is 0.314 e. The van der Waals surface area contributed by atoms with Crippen LogP contribution in [-0.4, -0.2) is 39.0 Å². The van der Waals surface area contributed by atoms with Gasteiger partial charge < -0.3 is 9.80 Å². The number of rotatable bonds is 3. The molecule has 0 unspecified atom stereocenters. The van der Waals surface area contributed by atoms with E-state index in [1.165, 1.54) is 5.56 Å². The van der Waals surface area contributed by atoms with Crippen molar-refractivity contribution >= 4 is 6.03 Å². The zero-order valence-corrected chi connectivity index (χ0v) is 15.3. The van der Waals surface area contributed by atoms with Crippen LogP contribution in [0.1, 0.15) is 47.1 Å². The van der Waals surface area contributed by atoms with E-state index in [0.29, 0.717) is 0 Å². The van der Waals surface area contributed by atoms with E-state index in [1.54, 1.807) is 0 Å². The number of hydrogen-bond acceptors (Lipinski definition) is 1. The van der Waals surface area contributed by atoms with Crippen LogP contribution in [0.25, 0.3) is 0 Å². The third-order valence-corrected chi connectivity index (χ3v) is 4.41. The fraction of sp³-hybridized carbons (Fsp3) is 0.550. The Hall–Kier alpha value is -1.77. The summed E-state index contributed by atoms with van der Waals surface area (Å²) in [6.07, 6.45) is 2.77. The lowest BCUT2D eigenvalue weighted by Gasteiger charge is -2.37. The van der Waals surface area contributed by atoms with Gasteiger partial charge >= 0.3 is 6.03 Å². The van der Waals surface area contributed by atoms with E-state index in [9.17, 15) is 4.79 Å². The number of urea groups is 1. The van der Waals surface area contributed by atoms with Gasteiger partial charge in [0.25, 0.3) is 0 Å². The summed E-state index contributed by atoms with van der Waals surface area (Å²) in [6, 6.07) is 10.6. The van der Waals surface area contributed by atoms with Gasteiger partial charge in [0.15, 0.2) is 0 Å². The van der Waals surface area contributed by atoms with Crippen LogP contribution >= 0.6 is 0 Å². The molecule has 0 radical (unpaired) electrons. The molecule has 2 rings (SSSR count). The maximum atomic E-state index is 13.2. The van der Waals surface area contributed by atoms with Crippen LogP contribution in [0.2, 0.25) is 0 Å². The Morgan fingerprint density at radius 2 is 1.52 bits per heavy atom. The lowest BCUT2D eigenvalue weighted by atomic mass is 9.94. The highest BCUT2D eigenvalue weighted by Crippen LogP contribution is 2.36. The molecule has 1 heterocycles. The second kappa shape index (κ2) is 6.03. The van der Waals surface area contributed by atoms with Crippen LogP contribution in [-0.2, 0) is 6.42 Å². The highest BCUT2D eigenvalue weighted by atomic mass is 16.2. The van der Waals surface area contributed by atoms with Crippen molar-refractivity contribution in [1.82, 2.24) is 9.80 Å². The van der Waals surface area contributed by atoms with E-state index in [-0.39, 0.29) is 29.2 Å². The van der Waals surface area contributed by atoms with Crippen molar-refractivity contribution in [3.63, 3.8) is 0 Å². The minimum absolute atomic E-state index is 0.0157. The Balaban J connectivity index is 2.45. The summed E-state index contributed by atoms with van der Waals surface area (Å²) in [6.45, 7) is 16.6. The number of benzene rings is 1. The highest BCUT2D eigenvalue weighted by molar-refractivity contribution is 5.80. The molecule has 23 heavy (non-hydrogen) atoms. The van der Waals surface area contributed by atoms with Crippen LogP contribution < -0.4 is 0 Å². The van der Waals surface area contributed by atoms with Crippen molar-refractivity contribution < 1.29 is 4.79 Å². The Kier molecular flexibility index (Phi) is 4.61. The first-order valence-corrected chi connectivity index (χ1v) is 8.36. The molecule has 3 heteroatoms. The average Bonchev–Trinajstić information content (AvgIpc) is 2.71. The van der Waals surface area contributed by atoms with Crippen LogP contribution in [0.3, 0.4) is 0 Å². The van der Waals surface area contributed by atoms with Gasteiger partial charge in [-0.1, -0.05) is 36.4 Å². The molecule has 0 N–H and O–H groups in total. The molecule has 0 aromatic heterocycles. The van der Waals surface area contributed by atoms with Crippen molar-refractivity contribution in [1.29, 1.82) is 0 Å². The first-order chi connectivity index (χ1) is 10.6. The normalized spacial score (nSPS) is 22.6. The topological polar surface area (TPSA) is 23.6 Å². The van der Waals surface area contributed by atoms with E-state index in [2.05, 4.69) is 72.4 Å². The zero-order chi connectivity index (χ0) is 17.4. The fourth-order valence-electron chi connectivity index (χ4n) is 3.56. The molecule has 2 amide bonds. The van der Waals surface area contributed by atoms with Crippen molar-refractivity contribution in [2.45, 2.75) is 71.1 Å². The summed E-state index contributed by atoms with van der Waals surface area (Å²) in [5, 5.41) is 0. The first kappa shape index (κ1) is 17.6. The van der Waals surface area contributed by atoms with Gasteiger partial charge in [-0.05, 0) is 53.5 Å². The summed E-state index contributed by atoms with van der Waals surface area (Å²) < 4.78 is 0. The summed E-state index contributed by atoms with van der Waals surface area (Å²) in [5.41, 5.74) is 0.796. The SMILES string of the molecule is C=C[C@@H]1[C@@H](Cc2ccccc2)N(C(C)(C)C)C(=O)N1C(C)(C)C. The Labute approximate surface area is 141 Å². The van der Waals surface area contributed by atoms with E-state index in [1.807, 2.05) is 21.9 Å². The van der Waals surface area contributed by atoms with Crippen LogP contribution in [0.15, 0.2) is 43.0 Å². The molecule has 0 bridgehead atoms. The summed E-state index contributed by atoms with van der Waals surface area (Å²) in [7, 11) is 0. The number of amides is 2. The van der Waals surface area contributed by atoms with Crippen LogP contribution in [0, 0.1) is 0 Å². The molecule has 0 spiro atoms. The van der Waals surface area contributed by atoms with Gasteiger partial charge in [-0.2, -0.15) is 0 Å². The third kappa shape index (κ3) is 3.44. The molecule has 1 aromatic rings. The second-order valence-electron chi connectivity index (χ2n) is 8.35. The quantitative estimate of drug-likeness (QED) is 0.754. The van der Waals surface area contributed by atoms with E-state index in [4.69, 9.17) is 0 Å². The Morgan fingerprint density at radius 3 is 1.96 bits per heavy atom. The predicted octanol–water partition coefficient (Wildman–Crippen LogP) is 4.49. The molecule has 1 aliphatic rings. The van der Waals surface area contributed by atoms with Crippen molar-refractivity contribution in [3.05, 3.63) is 48.6 Å². The van der Waals surface area contributed by atoms with E-state index in [0.717, 1.165) is 6.42 Å². The minimum Gasteiger partial charge on any atom is -0.314 e. The monoisotopic (exact) mass is 314 g/mol. The molecular weight excluding hydrogens is 284 g/mol. The minimum atomic E-state index is -0.231. The lowest BCUT2D eigenvalue weighted by Crippen LogP contribution is -2.50. The highest BCUT2D eigenvalue weighted by Gasteiger charge is 2.51. The molecule has 3 nitrogen and oxygen atoms in total. The number of hydrogen-bond donors (Lipinski definition) is 0. The summed E-state index contributed by atoms with van der Waals surface area (Å²) in [4.78, 5) is 17.2. The largest absolute Gasteiger partial charge is 0.321 e. The molecule has 2 atom stereocenters. The number of nitrogens with zero attached hydrogens (tertiary/aromatic N) is 2. The van der Waals surface area contributed by atoms with E-state index >= 15 is 0 Å². The van der Waals surface area contributed by atoms with E-state index < -0.39 is 0 Å². The molecule has 1 aromatic carbocycles. The van der Waals surface area contributed by atoms with Gasteiger partial charge in [0, 0.05) is 11.1 Å². The molecular formula is C20H30N2O. The van der Waals surface area contributed by atoms with Crippen molar-refractivity contribution in [2.75, 3.05) is 0 Å². The summed E-state index contributed by atoms with van der Waals surface area (Å²) in [5.74, 6) is 0. The standard InChI is InChI=1S/C20H30N2O/c1-8-16-17(14-15-12-10-9-11-13-15)22(20(5,6)7)18(23)21(16)19(2,3)4/h8-13,16-17H,1,14H2,2-7H3/t16-,17-/m1/s1. The van der Waals surface area contributed by atoms with Gasteiger partial charge in [-0.3, -0.25) is 0 Å². The predicted molar refractivity (Wildman–Crippen MR) is 96.5 cm³/mol. The molecule has 0 saturated carbocycles.